The Labute approximate surface area is 165 Å². The lowest BCUT2D eigenvalue weighted by Crippen LogP contribution is -2.31. The number of benzene rings is 2. The summed E-state index contributed by atoms with van der Waals surface area (Å²) in [4.78, 5) is 12.8. The Hall–Kier alpha value is -3.12. The molecule has 0 fully saturated rings. The van der Waals surface area contributed by atoms with E-state index in [1.54, 1.807) is 7.11 Å². The van der Waals surface area contributed by atoms with E-state index in [9.17, 15) is 4.79 Å². The van der Waals surface area contributed by atoms with Crippen LogP contribution in [0.1, 0.15) is 22.8 Å². The van der Waals surface area contributed by atoms with E-state index in [4.69, 9.17) is 9.84 Å². The second kappa shape index (κ2) is 9.71. The number of nitrogens with one attached hydrogen (secondary N) is 2. The summed E-state index contributed by atoms with van der Waals surface area (Å²) in [7, 11) is 1.63. The van der Waals surface area contributed by atoms with Crippen LogP contribution in [0, 0.1) is 0 Å². The van der Waals surface area contributed by atoms with E-state index < -0.39 is 0 Å². The molecule has 146 valence electrons. The average Bonchev–Trinajstić information content (AvgIpc) is 3.16. The van der Waals surface area contributed by atoms with Crippen molar-refractivity contribution < 1.29 is 9.53 Å². The van der Waals surface area contributed by atoms with Gasteiger partial charge in [0, 0.05) is 24.8 Å². The van der Waals surface area contributed by atoms with Crippen LogP contribution in [0.2, 0.25) is 0 Å². The van der Waals surface area contributed by atoms with Crippen molar-refractivity contribution in [3.63, 3.8) is 0 Å². The molecule has 0 aliphatic heterocycles. The van der Waals surface area contributed by atoms with E-state index in [1.165, 1.54) is 0 Å². The zero-order chi connectivity index (χ0) is 19.8. The van der Waals surface area contributed by atoms with Crippen LogP contribution in [-0.4, -0.2) is 42.4 Å². The van der Waals surface area contributed by atoms with Crippen molar-refractivity contribution in [3.05, 3.63) is 71.9 Å². The number of ether oxygens (including phenoxy) is 1. The average molecular weight is 378 g/mol. The predicted octanol–water partition coefficient (Wildman–Crippen LogP) is 2.95. The molecular formula is C22H26N4O2. The van der Waals surface area contributed by atoms with Crippen LogP contribution in [0.15, 0.2) is 60.8 Å². The third-order valence-corrected chi connectivity index (χ3v) is 4.37. The molecule has 0 aliphatic rings. The minimum Gasteiger partial charge on any atom is -0.497 e. The topological polar surface area (TPSA) is 68.2 Å². The molecule has 0 radical (unpaired) electrons. The number of aromatic nitrogens is 2. The van der Waals surface area contributed by atoms with Gasteiger partial charge in [-0.2, -0.15) is 5.10 Å². The zero-order valence-corrected chi connectivity index (χ0v) is 16.3. The maximum Gasteiger partial charge on any atom is 0.255 e. The van der Waals surface area contributed by atoms with Crippen molar-refractivity contribution in [3.8, 4) is 17.0 Å². The molecule has 0 spiro atoms. The van der Waals surface area contributed by atoms with Gasteiger partial charge in [-0.3, -0.25) is 9.48 Å². The quantitative estimate of drug-likeness (QED) is 0.562. The second-order valence-electron chi connectivity index (χ2n) is 6.42. The molecule has 6 nitrogen and oxygen atoms in total. The van der Waals surface area contributed by atoms with Crippen LogP contribution in [0.3, 0.4) is 0 Å². The molecule has 3 rings (SSSR count). The summed E-state index contributed by atoms with van der Waals surface area (Å²) in [5.74, 6) is 0.601. The van der Waals surface area contributed by atoms with Crippen LogP contribution >= 0.6 is 0 Å². The number of hydrogen-bond donors (Lipinski definition) is 2. The van der Waals surface area contributed by atoms with Crippen molar-refractivity contribution in [2.75, 3.05) is 26.7 Å². The Morgan fingerprint density at radius 3 is 2.68 bits per heavy atom. The fourth-order valence-corrected chi connectivity index (χ4v) is 2.96. The highest BCUT2D eigenvalue weighted by atomic mass is 16.5. The van der Waals surface area contributed by atoms with Gasteiger partial charge in [0.05, 0.1) is 19.2 Å². The lowest BCUT2D eigenvalue weighted by atomic mass is 10.1. The monoisotopic (exact) mass is 378 g/mol. The third kappa shape index (κ3) is 4.98. The van der Waals surface area contributed by atoms with Crippen LogP contribution in [0.5, 0.6) is 5.75 Å². The second-order valence-corrected chi connectivity index (χ2v) is 6.42. The Morgan fingerprint density at radius 1 is 1.11 bits per heavy atom. The zero-order valence-electron chi connectivity index (χ0n) is 16.3. The minimum atomic E-state index is -0.130. The third-order valence-electron chi connectivity index (χ3n) is 4.37. The Morgan fingerprint density at radius 2 is 1.93 bits per heavy atom. The number of likely N-dealkylation sites (N-methyl/N-ethyl adjacent to an activating group) is 1. The first kappa shape index (κ1) is 19.6. The van der Waals surface area contributed by atoms with E-state index in [0.29, 0.717) is 24.3 Å². The largest absolute Gasteiger partial charge is 0.497 e. The highest BCUT2D eigenvalue weighted by molar-refractivity contribution is 5.99. The normalized spacial score (nSPS) is 10.6. The number of hydrogen-bond acceptors (Lipinski definition) is 4. The maximum absolute atomic E-state index is 12.8. The molecule has 6 heteroatoms. The molecule has 0 unspecified atom stereocenters. The molecule has 2 N–H and O–H groups in total. The first-order valence-corrected chi connectivity index (χ1v) is 9.46. The molecule has 1 aromatic heterocycles. The van der Waals surface area contributed by atoms with Crippen LogP contribution < -0.4 is 15.4 Å². The highest BCUT2D eigenvalue weighted by Crippen LogP contribution is 2.26. The molecule has 0 saturated heterocycles. The van der Waals surface area contributed by atoms with E-state index in [0.717, 1.165) is 30.0 Å². The fraction of sp³-hybridized carbons (Fsp3) is 0.273. The van der Waals surface area contributed by atoms with Gasteiger partial charge in [0.15, 0.2) is 0 Å². The van der Waals surface area contributed by atoms with Crippen molar-refractivity contribution >= 4 is 5.91 Å². The lowest BCUT2D eigenvalue weighted by molar-refractivity contribution is 0.0954. The van der Waals surface area contributed by atoms with Gasteiger partial charge in [0.2, 0.25) is 0 Å². The molecule has 0 saturated carbocycles. The molecule has 0 bridgehead atoms. The van der Waals surface area contributed by atoms with Crippen molar-refractivity contribution in [1.29, 1.82) is 0 Å². The molecule has 2 aromatic carbocycles. The summed E-state index contributed by atoms with van der Waals surface area (Å²) in [5.41, 5.74) is 3.18. The van der Waals surface area contributed by atoms with Crippen molar-refractivity contribution in [2.45, 2.75) is 13.5 Å². The summed E-state index contributed by atoms with van der Waals surface area (Å²) in [6.45, 7) is 4.81. The fourth-order valence-electron chi connectivity index (χ4n) is 2.96. The van der Waals surface area contributed by atoms with Gasteiger partial charge >= 0.3 is 0 Å². The summed E-state index contributed by atoms with van der Waals surface area (Å²) < 4.78 is 7.14. The predicted molar refractivity (Wildman–Crippen MR) is 111 cm³/mol. The number of methoxy groups -OCH3 is 1. The van der Waals surface area contributed by atoms with Gasteiger partial charge < -0.3 is 15.4 Å². The number of carbonyl (C=O) groups is 1. The highest BCUT2D eigenvalue weighted by Gasteiger charge is 2.18. The van der Waals surface area contributed by atoms with E-state index in [2.05, 4.69) is 10.6 Å². The number of nitrogens with zero attached hydrogens (tertiary/aromatic N) is 2. The molecule has 3 aromatic rings. The number of carbonyl (C=O) groups excluding carboxylic acids is 1. The van der Waals surface area contributed by atoms with Crippen molar-refractivity contribution in [1.82, 2.24) is 20.4 Å². The number of rotatable bonds is 9. The molecule has 28 heavy (non-hydrogen) atoms. The van der Waals surface area contributed by atoms with Gasteiger partial charge in [0.1, 0.15) is 11.4 Å². The number of amides is 1. The van der Waals surface area contributed by atoms with Gasteiger partial charge in [-0.05, 0) is 24.2 Å². The van der Waals surface area contributed by atoms with Crippen molar-refractivity contribution in [2.24, 2.45) is 0 Å². The van der Waals surface area contributed by atoms with Gasteiger partial charge in [-0.1, -0.05) is 49.4 Å². The van der Waals surface area contributed by atoms with Crippen LogP contribution in [0.25, 0.3) is 11.3 Å². The Kier molecular flexibility index (Phi) is 6.81. The lowest BCUT2D eigenvalue weighted by Gasteiger charge is -2.06. The SMILES string of the molecule is CCNCCNC(=O)c1cn(Cc2ccccc2)nc1-c1cccc(OC)c1. The van der Waals surface area contributed by atoms with Gasteiger partial charge in [0.25, 0.3) is 5.91 Å². The van der Waals surface area contributed by atoms with Crippen LogP contribution in [-0.2, 0) is 6.54 Å². The van der Waals surface area contributed by atoms with E-state index in [-0.39, 0.29) is 5.91 Å². The molecule has 0 aliphatic carbocycles. The van der Waals surface area contributed by atoms with E-state index in [1.807, 2.05) is 72.4 Å². The van der Waals surface area contributed by atoms with Gasteiger partial charge in [-0.25, -0.2) is 0 Å². The smallest absolute Gasteiger partial charge is 0.255 e. The first-order valence-electron chi connectivity index (χ1n) is 9.46. The molecule has 0 atom stereocenters. The van der Waals surface area contributed by atoms with Crippen LogP contribution in [0.4, 0.5) is 0 Å². The minimum absolute atomic E-state index is 0.130. The standard InChI is InChI=1S/C22H26N4O2/c1-3-23-12-13-24-22(27)20-16-26(15-17-8-5-4-6-9-17)25-21(20)18-10-7-11-19(14-18)28-2/h4-11,14,16,23H,3,12-13,15H2,1-2H3,(H,24,27). The van der Waals surface area contributed by atoms with Gasteiger partial charge in [-0.15, -0.1) is 0 Å². The molecule has 1 amide bonds. The summed E-state index contributed by atoms with van der Waals surface area (Å²) in [6, 6.07) is 17.7. The summed E-state index contributed by atoms with van der Waals surface area (Å²) in [6.07, 6.45) is 1.81. The van der Waals surface area contributed by atoms with E-state index >= 15 is 0 Å². The molecular weight excluding hydrogens is 352 g/mol. The molecule has 1 heterocycles. The summed E-state index contributed by atoms with van der Waals surface area (Å²) >= 11 is 0. The Balaban J connectivity index is 1.89. The maximum atomic E-state index is 12.8. The summed E-state index contributed by atoms with van der Waals surface area (Å²) in [5, 5.41) is 10.9. The Bertz CT molecular complexity index is 906. The first-order chi connectivity index (χ1) is 13.7.